The third-order valence-electron chi connectivity index (χ3n) is 11.4. The second kappa shape index (κ2) is 13.0. The summed E-state index contributed by atoms with van der Waals surface area (Å²) >= 11 is 11.8. The average molecular weight is 648 g/mol. The highest BCUT2D eigenvalue weighted by Crippen LogP contribution is 2.68. The number of nitrogens with zero attached hydrogens (tertiary/aromatic N) is 1. The van der Waals surface area contributed by atoms with Gasteiger partial charge in [0, 0.05) is 48.1 Å². The van der Waals surface area contributed by atoms with Crippen LogP contribution in [0.4, 0.5) is 16.2 Å². The number of alkyl halides is 2. The number of hydrogen-bond acceptors (Lipinski definition) is 7. The summed E-state index contributed by atoms with van der Waals surface area (Å²) in [6.07, 6.45) is 7.48. The first-order valence-electron chi connectivity index (χ1n) is 15.8. The minimum absolute atomic E-state index is 0.0194. The zero-order chi connectivity index (χ0) is 31.7. The zero-order valence-corrected chi connectivity index (χ0v) is 27.5. The van der Waals surface area contributed by atoms with Crippen molar-refractivity contribution in [3.8, 4) is 0 Å². The van der Waals surface area contributed by atoms with Crippen LogP contribution in [0.25, 0.3) is 0 Å². The maximum absolute atomic E-state index is 13.3. The first-order chi connectivity index (χ1) is 21.0. The summed E-state index contributed by atoms with van der Waals surface area (Å²) in [5.74, 6) is 1.40. The quantitative estimate of drug-likeness (QED) is 0.217. The number of fused-ring (bicyclic) bond motifs is 5. The van der Waals surface area contributed by atoms with Gasteiger partial charge in [-0.3, -0.25) is 14.9 Å². The number of allylic oxidation sites excluding steroid dienone is 1. The number of benzene rings is 1. The second-order valence-corrected chi connectivity index (χ2v) is 14.2. The van der Waals surface area contributed by atoms with Gasteiger partial charge in [0.25, 0.3) is 0 Å². The first kappa shape index (κ1) is 32.8. The highest BCUT2D eigenvalue weighted by Gasteiger charge is 2.67. The number of esters is 1. The number of Topliss-reactive ketones (excluding diaryl/α,β-unsaturated/α-hetero) is 1. The van der Waals surface area contributed by atoms with Crippen molar-refractivity contribution in [3.05, 3.63) is 35.9 Å². The van der Waals surface area contributed by atoms with E-state index in [4.69, 9.17) is 32.7 Å². The van der Waals surface area contributed by atoms with E-state index >= 15 is 0 Å². The predicted octanol–water partition coefficient (Wildman–Crippen LogP) is 6.92. The minimum atomic E-state index is -1.24. The number of nitrogens with one attached hydrogen (secondary N) is 1. The van der Waals surface area contributed by atoms with Gasteiger partial charge in [0.05, 0.1) is 0 Å². The van der Waals surface area contributed by atoms with Crippen molar-refractivity contribution in [3.63, 3.8) is 0 Å². The van der Waals surface area contributed by atoms with Gasteiger partial charge in [-0.25, -0.2) is 9.59 Å². The van der Waals surface area contributed by atoms with Gasteiger partial charge in [-0.1, -0.05) is 19.4 Å². The molecular formula is C34H44Cl2N2O6. The van der Waals surface area contributed by atoms with Crippen LogP contribution in [-0.2, 0) is 23.9 Å². The molecule has 3 saturated carbocycles. The van der Waals surface area contributed by atoms with Crippen molar-refractivity contribution in [1.29, 1.82) is 0 Å². The monoisotopic (exact) mass is 646 g/mol. The van der Waals surface area contributed by atoms with Crippen LogP contribution in [0, 0.1) is 28.6 Å². The maximum Gasteiger partial charge on any atom is 0.412 e. The molecule has 0 aliphatic heterocycles. The van der Waals surface area contributed by atoms with Gasteiger partial charge in [0.1, 0.15) is 0 Å². The van der Waals surface area contributed by atoms with Gasteiger partial charge in [0.15, 0.2) is 23.8 Å². The third kappa shape index (κ3) is 5.89. The lowest BCUT2D eigenvalue weighted by Gasteiger charge is -2.59. The molecular weight excluding hydrogens is 603 g/mol. The topological polar surface area (TPSA) is 102 Å². The van der Waals surface area contributed by atoms with Crippen LogP contribution >= 0.6 is 23.2 Å². The maximum atomic E-state index is 13.3. The Balaban J connectivity index is 1.21. The van der Waals surface area contributed by atoms with Crippen LogP contribution < -0.4 is 10.2 Å². The average Bonchev–Trinajstić information content (AvgIpc) is 3.29. The van der Waals surface area contributed by atoms with Gasteiger partial charge >= 0.3 is 12.1 Å². The fourth-order valence-electron chi connectivity index (χ4n) is 9.21. The Bertz CT molecular complexity index is 1310. The number of carbonyl (C=O) groups is 4. The summed E-state index contributed by atoms with van der Waals surface area (Å²) in [6, 6.07) is 7.17. The standard InChI is InChI=1S/C34H44Cl2N2O6/c1-22(39)34(44-30(41)21-43-31(42)37-24-5-7-25(8-6-24)38(18-16-35)19-17-36)15-12-29-27-9-4-23-20-26(40)10-13-32(23,2)28(27)11-14-33(29,34)3/h5-8,20,27-29H,4,9-19,21H2,1-3H3,(H,37,42)/t27-,28+,29+,32+,33+,34+/m1/s1. The fraction of sp³-hybridized carbons (Fsp3) is 0.647. The molecule has 0 aromatic heterocycles. The molecule has 0 spiro atoms. The van der Waals surface area contributed by atoms with Crippen molar-refractivity contribution < 1.29 is 28.7 Å². The van der Waals surface area contributed by atoms with Crippen LogP contribution in [0.3, 0.4) is 0 Å². The largest absolute Gasteiger partial charge is 0.448 e. The number of ether oxygens (including phenoxy) is 2. The Hall–Kier alpha value is -2.58. The lowest BCUT2D eigenvalue weighted by Crippen LogP contribution is -2.59. The summed E-state index contributed by atoms with van der Waals surface area (Å²) in [6.45, 7) is 6.66. The Labute approximate surface area is 270 Å². The van der Waals surface area contributed by atoms with Crippen LogP contribution in [0.15, 0.2) is 35.9 Å². The van der Waals surface area contributed by atoms with Crippen LogP contribution in [0.5, 0.6) is 0 Å². The molecule has 0 heterocycles. The SMILES string of the molecule is CC(=O)[C@@]1(OC(=O)COC(=O)Nc2ccc(N(CCCl)CCCl)cc2)CC[C@H]2[C@@H]3CCC4=CC(=O)CC[C@]4(C)[C@H]3CC[C@@]21C. The summed E-state index contributed by atoms with van der Waals surface area (Å²) in [5.41, 5.74) is 1.01. The number of hydrogen-bond donors (Lipinski definition) is 1. The van der Waals surface area contributed by atoms with E-state index < -0.39 is 29.7 Å². The molecule has 44 heavy (non-hydrogen) atoms. The molecule has 0 unspecified atom stereocenters. The van der Waals surface area contributed by atoms with Crippen LogP contribution in [0.2, 0.25) is 0 Å². The number of rotatable bonds is 10. The predicted molar refractivity (Wildman–Crippen MR) is 171 cm³/mol. The van der Waals surface area contributed by atoms with Gasteiger partial charge in [-0.2, -0.15) is 0 Å². The number of ketones is 2. The molecule has 1 amide bonds. The number of halogens is 2. The smallest absolute Gasteiger partial charge is 0.412 e. The number of amides is 1. The molecule has 0 radical (unpaired) electrons. The molecule has 0 bridgehead atoms. The highest BCUT2D eigenvalue weighted by atomic mass is 35.5. The van der Waals surface area contributed by atoms with Crippen LogP contribution in [-0.4, -0.2) is 60.7 Å². The molecule has 5 rings (SSSR count). The Morgan fingerprint density at radius 3 is 2.30 bits per heavy atom. The number of carbonyl (C=O) groups excluding carboxylic acids is 4. The molecule has 0 saturated heterocycles. The lowest BCUT2D eigenvalue weighted by molar-refractivity contribution is -0.190. The highest BCUT2D eigenvalue weighted by molar-refractivity contribution is 6.18. The summed E-state index contributed by atoms with van der Waals surface area (Å²) in [5, 5.41) is 2.63. The van der Waals surface area contributed by atoms with E-state index in [1.54, 1.807) is 12.1 Å². The van der Waals surface area contributed by atoms with Crippen LogP contribution in [0.1, 0.15) is 72.1 Å². The van der Waals surface area contributed by atoms with E-state index in [0.29, 0.717) is 55.2 Å². The summed E-state index contributed by atoms with van der Waals surface area (Å²) in [7, 11) is 0. The van der Waals surface area contributed by atoms with E-state index in [1.165, 1.54) is 12.5 Å². The van der Waals surface area contributed by atoms with E-state index in [-0.39, 0.29) is 22.9 Å². The van der Waals surface area contributed by atoms with Gasteiger partial charge < -0.3 is 14.4 Å². The van der Waals surface area contributed by atoms with E-state index in [2.05, 4.69) is 19.2 Å². The fourth-order valence-corrected chi connectivity index (χ4v) is 9.62. The molecule has 240 valence electrons. The van der Waals surface area contributed by atoms with Crippen molar-refractivity contribution in [2.75, 3.05) is 41.7 Å². The van der Waals surface area contributed by atoms with Crippen molar-refractivity contribution in [2.24, 2.45) is 28.6 Å². The molecule has 3 fully saturated rings. The Morgan fingerprint density at radius 2 is 1.64 bits per heavy atom. The van der Waals surface area contributed by atoms with Crippen molar-refractivity contribution in [2.45, 2.75) is 77.7 Å². The second-order valence-electron chi connectivity index (χ2n) is 13.4. The molecule has 8 nitrogen and oxygen atoms in total. The molecule has 6 atom stereocenters. The zero-order valence-electron chi connectivity index (χ0n) is 26.0. The van der Waals surface area contributed by atoms with Gasteiger partial charge in [-0.15, -0.1) is 23.2 Å². The molecule has 1 aromatic rings. The Kier molecular flexibility index (Phi) is 9.72. The van der Waals surface area contributed by atoms with E-state index in [0.717, 1.165) is 44.2 Å². The van der Waals surface area contributed by atoms with E-state index in [1.807, 2.05) is 23.1 Å². The molecule has 4 aliphatic rings. The normalized spacial score (nSPS) is 32.4. The molecule has 4 aliphatic carbocycles. The summed E-state index contributed by atoms with van der Waals surface area (Å²) in [4.78, 5) is 53.2. The lowest BCUT2D eigenvalue weighted by atomic mass is 9.46. The summed E-state index contributed by atoms with van der Waals surface area (Å²) < 4.78 is 11.3. The van der Waals surface area contributed by atoms with E-state index in [9.17, 15) is 19.2 Å². The molecule has 1 N–H and O–H groups in total. The van der Waals surface area contributed by atoms with Gasteiger partial charge in [0.2, 0.25) is 0 Å². The number of anilines is 2. The minimum Gasteiger partial charge on any atom is -0.448 e. The Morgan fingerprint density at radius 1 is 0.955 bits per heavy atom. The van der Waals surface area contributed by atoms with Gasteiger partial charge in [-0.05, 0) is 105 Å². The molecule has 10 heteroatoms. The van der Waals surface area contributed by atoms with Crippen molar-refractivity contribution in [1.82, 2.24) is 0 Å². The van der Waals surface area contributed by atoms with Crippen molar-refractivity contribution >= 4 is 58.2 Å². The molecule has 1 aromatic carbocycles. The third-order valence-corrected chi connectivity index (χ3v) is 11.8. The first-order valence-corrected chi connectivity index (χ1v) is 16.9.